The number of aryl methyl sites for hydroxylation is 1. The third-order valence-electron chi connectivity index (χ3n) is 12.4. The number of pyridine rings is 2. The van der Waals surface area contributed by atoms with E-state index in [4.69, 9.17) is 18.5 Å². The summed E-state index contributed by atoms with van der Waals surface area (Å²) in [5, 5.41) is 5.80. The number of fused-ring (bicyclic) bond motifs is 7. The van der Waals surface area contributed by atoms with Crippen LogP contribution in [-0.2, 0) is 20.1 Å². The minimum atomic E-state index is -2.50. The Hall–Kier alpha value is -6.50. The predicted molar refractivity (Wildman–Crippen MR) is 275 cm³/mol. The molecular weight excluding hydrogens is 1000 g/mol. The first-order valence-electron chi connectivity index (χ1n) is 23.9. The second kappa shape index (κ2) is 18.1. The van der Waals surface area contributed by atoms with Gasteiger partial charge in [-0.15, -0.1) is 54.1 Å². The maximum Gasteiger partial charge on any atom is 0.142 e. The van der Waals surface area contributed by atoms with Crippen LogP contribution in [0.4, 0.5) is 0 Å². The van der Waals surface area contributed by atoms with Gasteiger partial charge in [-0.25, -0.2) is 4.98 Å². The second-order valence-electron chi connectivity index (χ2n) is 18.5. The number of furan rings is 1. The average Bonchev–Trinajstić information content (AvgIpc) is 3.92. The Labute approximate surface area is 406 Å². The molecule has 329 valence electrons. The van der Waals surface area contributed by atoms with Crippen LogP contribution >= 0.6 is 0 Å². The Morgan fingerprint density at radius 3 is 2.00 bits per heavy atom. The van der Waals surface area contributed by atoms with Crippen molar-refractivity contribution in [2.75, 3.05) is 0 Å². The van der Waals surface area contributed by atoms with Crippen molar-refractivity contribution in [1.29, 1.82) is 0 Å². The van der Waals surface area contributed by atoms with Crippen molar-refractivity contribution >= 4 is 67.9 Å². The first kappa shape index (κ1) is 41.0. The molecule has 0 saturated heterocycles. The van der Waals surface area contributed by atoms with Gasteiger partial charge in [-0.05, 0) is 99.0 Å². The molecule has 11 aromatic rings. The Morgan fingerprint density at radius 1 is 0.636 bits per heavy atom. The third kappa shape index (κ3) is 8.21. The van der Waals surface area contributed by atoms with Gasteiger partial charge in [-0.2, -0.15) is 0 Å². The largest absolute Gasteiger partial charge is 0.499 e. The maximum atomic E-state index is 8.50. The zero-order valence-corrected chi connectivity index (χ0v) is 41.6. The van der Waals surface area contributed by atoms with E-state index in [0.29, 0.717) is 22.5 Å². The average molecular weight is 1060 g/mol. The Kier molecular flexibility index (Phi) is 11.2. The number of benzene rings is 7. The first-order chi connectivity index (χ1) is 32.7. The van der Waals surface area contributed by atoms with Gasteiger partial charge in [0.1, 0.15) is 5.58 Å². The Balaban J connectivity index is 0.000000296. The summed E-state index contributed by atoms with van der Waals surface area (Å²) >= 11 is 0. The van der Waals surface area contributed by atoms with Crippen molar-refractivity contribution in [1.82, 2.24) is 19.5 Å². The molecule has 0 atom stereocenters. The molecule has 0 fully saturated rings. The normalized spacial score (nSPS) is 12.7. The fourth-order valence-corrected chi connectivity index (χ4v) is 9.98. The van der Waals surface area contributed by atoms with Crippen molar-refractivity contribution < 1.29 is 28.6 Å². The molecule has 0 saturated carbocycles. The van der Waals surface area contributed by atoms with E-state index in [0.717, 1.165) is 54.9 Å². The molecule has 4 aromatic heterocycles. The standard InChI is InChI=1S/C45H36N3O.C14H16NSi.Ir/c1-26(2)35-23-32(29-14-7-6-8-15-29)24-36(27(3)4)42(35)48-40-21-12-11-20-38(40)47-45(48)34-19-13-18-33-41-37-22-30-16-9-10-17-31(30)25-39(37)46-28(5)43(41)49-44(33)34;1-16(2,3)13-9-10-14(15-11-13)12-7-5-4-6-8-12;/h6-18,20-27H,1-5H3;4-7,9-11H,1-3H3;/q2*-1;/i5D3;;. The van der Waals surface area contributed by atoms with Gasteiger partial charge >= 0.3 is 0 Å². The van der Waals surface area contributed by atoms with Crippen LogP contribution in [0.15, 0.2) is 162 Å². The van der Waals surface area contributed by atoms with Gasteiger partial charge in [-0.1, -0.05) is 137 Å². The van der Waals surface area contributed by atoms with Crippen LogP contribution in [0, 0.1) is 19.0 Å². The van der Waals surface area contributed by atoms with Crippen LogP contribution in [-0.4, -0.2) is 27.6 Å². The minimum Gasteiger partial charge on any atom is -0.499 e. The number of nitrogens with zero attached hydrogens (tertiary/aromatic N) is 4. The van der Waals surface area contributed by atoms with Crippen LogP contribution in [0.3, 0.4) is 0 Å². The third-order valence-corrected chi connectivity index (χ3v) is 14.4. The number of hydrogen-bond donors (Lipinski definition) is 0. The maximum absolute atomic E-state index is 8.50. The summed E-state index contributed by atoms with van der Waals surface area (Å²) in [6.45, 7) is 13.4. The number of imidazole rings is 1. The molecule has 0 spiro atoms. The Morgan fingerprint density at radius 2 is 1.33 bits per heavy atom. The summed E-state index contributed by atoms with van der Waals surface area (Å²) in [5.74, 6) is 1.08. The number of aromatic nitrogens is 4. The van der Waals surface area contributed by atoms with Gasteiger partial charge in [0.2, 0.25) is 0 Å². The van der Waals surface area contributed by atoms with E-state index in [9.17, 15) is 0 Å². The summed E-state index contributed by atoms with van der Waals surface area (Å²) in [6, 6.07) is 58.2. The quantitative estimate of drug-likeness (QED) is 0.0907. The van der Waals surface area contributed by atoms with E-state index in [-0.39, 0.29) is 43.2 Å². The van der Waals surface area contributed by atoms with Crippen molar-refractivity contribution in [3.05, 3.63) is 187 Å². The van der Waals surface area contributed by atoms with Crippen molar-refractivity contribution in [3.8, 4) is 39.5 Å². The van der Waals surface area contributed by atoms with E-state index in [1.807, 2.05) is 91.1 Å². The fraction of sp³-hybridized carbons (Fsp3) is 0.169. The van der Waals surface area contributed by atoms with Crippen molar-refractivity contribution in [3.63, 3.8) is 0 Å². The van der Waals surface area contributed by atoms with Gasteiger partial charge in [-0.3, -0.25) is 4.98 Å². The van der Waals surface area contributed by atoms with E-state index in [2.05, 4.69) is 136 Å². The summed E-state index contributed by atoms with van der Waals surface area (Å²) in [6.07, 6.45) is 2.02. The molecule has 0 aliphatic carbocycles. The van der Waals surface area contributed by atoms with Crippen LogP contribution in [0.1, 0.15) is 60.5 Å². The fourth-order valence-electron chi connectivity index (χ4n) is 8.94. The van der Waals surface area contributed by atoms with Gasteiger partial charge < -0.3 is 14.0 Å². The number of hydrogen-bond acceptors (Lipinski definition) is 4. The molecule has 11 rings (SSSR count). The molecule has 0 unspecified atom stereocenters. The first-order valence-corrected chi connectivity index (χ1v) is 25.9. The zero-order chi connectivity index (χ0) is 47.5. The van der Waals surface area contributed by atoms with Crippen molar-refractivity contribution in [2.45, 2.75) is 66.0 Å². The van der Waals surface area contributed by atoms with E-state index in [1.54, 1.807) is 0 Å². The monoisotopic (exact) mass is 1060 g/mol. The molecule has 66 heavy (non-hydrogen) atoms. The summed E-state index contributed by atoms with van der Waals surface area (Å²) in [5.41, 5.74) is 11.7. The minimum absolute atomic E-state index is 0. The van der Waals surface area contributed by atoms with E-state index < -0.39 is 14.9 Å². The van der Waals surface area contributed by atoms with Gasteiger partial charge in [0.25, 0.3) is 0 Å². The topological polar surface area (TPSA) is 56.7 Å². The molecular formula is C59H52IrN4OSi-2. The molecule has 0 aliphatic heterocycles. The molecule has 4 heterocycles. The van der Waals surface area contributed by atoms with Crippen molar-refractivity contribution in [2.24, 2.45) is 0 Å². The van der Waals surface area contributed by atoms with Gasteiger partial charge in [0.05, 0.1) is 41.7 Å². The predicted octanol–water partition coefficient (Wildman–Crippen LogP) is 15.4. The smallest absolute Gasteiger partial charge is 0.142 e. The molecule has 1 radical (unpaired) electrons. The number of para-hydroxylation sites is 2. The van der Waals surface area contributed by atoms with E-state index in [1.165, 1.54) is 27.4 Å². The van der Waals surface area contributed by atoms with E-state index >= 15 is 0 Å². The van der Waals surface area contributed by atoms with Gasteiger partial charge in [0, 0.05) is 46.9 Å². The molecule has 0 N–H and O–H groups in total. The molecule has 7 heteroatoms. The Bertz CT molecular complexity index is 3620. The van der Waals surface area contributed by atoms with Crippen LogP contribution in [0.25, 0.3) is 94.1 Å². The summed E-state index contributed by atoms with van der Waals surface area (Å²) < 4.78 is 34.5. The summed E-state index contributed by atoms with van der Waals surface area (Å²) in [4.78, 5) is 14.5. The molecule has 0 aliphatic rings. The summed E-state index contributed by atoms with van der Waals surface area (Å²) in [7, 11) is -1.23. The molecule has 0 amide bonds. The SMILES string of the molecule is C[Si](C)(C)c1ccc(-c2[c-]cccc2)nc1.[2H]C([2H])([2H])c1nc2cc3ccccc3cc2c2c1oc1c(-c3nc4ccccc4n3-c3c(C(C)C)cc(-c4ccccc4)cc3C(C)C)[c-]ccc12.[Ir]. The molecule has 7 aromatic carbocycles. The van der Waals surface area contributed by atoms with Crippen LogP contribution in [0.2, 0.25) is 19.6 Å². The zero-order valence-electron chi connectivity index (χ0n) is 41.2. The van der Waals surface area contributed by atoms with Gasteiger partial charge in [0.15, 0.2) is 0 Å². The number of rotatable bonds is 7. The molecule has 5 nitrogen and oxygen atoms in total. The second-order valence-corrected chi connectivity index (χ2v) is 23.6. The van der Waals surface area contributed by atoms with Crippen LogP contribution in [0.5, 0.6) is 0 Å². The van der Waals surface area contributed by atoms with Crippen LogP contribution < -0.4 is 5.19 Å². The molecule has 0 bridgehead atoms.